The average molecular weight is 278 g/mol. The number of rotatable bonds is 4. The summed E-state index contributed by atoms with van der Waals surface area (Å²) in [6.07, 6.45) is 0. The lowest BCUT2D eigenvalue weighted by molar-refractivity contribution is 0.867. The Morgan fingerprint density at radius 2 is 1.89 bits per heavy atom. The van der Waals surface area contributed by atoms with Crippen LogP contribution in [0.4, 0.5) is 11.6 Å². The predicted molar refractivity (Wildman–Crippen MR) is 78.1 cm³/mol. The van der Waals surface area contributed by atoms with Crippen molar-refractivity contribution in [3.05, 3.63) is 46.7 Å². The standard InChI is InChI=1S/C13H16ClN5/c1-8(10-5-3-4-6-11(10)14)16-12-7-13(19-15)18-9(2)17-12/h3-8H,15H2,1-2H3,(H2,16,17,18,19). The number of nitrogen functional groups attached to an aromatic ring is 1. The van der Waals surface area contributed by atoms with Crippen LogP contribution in [0.2, 0.25) is 5.02 Å². The molecule has 0 radical (unpaired) electrons. The Bertz CT molecular complexity index is 573. The number of halogens is 1. The van der Waals surface area contributed by atoms with Crippen molar-refractivity contribution in [1.82, 2.24) is 9.97 Å². The van der Waals surface area contributed by atoms with Gasteiger partial charge in [0.1, 0.15) is 17.5 Å². The quantitative estimate of drug-likeness (QED) is 0.592. The largest absolute Gasteiger partial charge is 0.363 e. The molecule has 0 saturated carbocycles. The molecule has 5 nitrogen and oxygen atoms in total. The predicted octanol–water partition coefficient (Wildman–Crippen LogP) is 2.90. The maximum Gasteiger partial charge on any atom is 0.145 e. The number of nitrogens with one attached hydrogen (secondary N) is 2. The molecule has 2 rings (SSSR count). The molecule has 0 amide bonds. The smallest absolute Gasteiger partial charge is 0.145 e. The summed E-state index contributed by atoms with van der Waals surface area (Å²) >= 11 is 6.17. The molecule has 1 unspecified atom stereocenters. The Hall–Kier alpha value is -1.85. The molecule has 19 heavy (non-hydrogen) atoms. The van der Waals surface area contributed by atoms with E-state index in [0.717, 1.165) is 10.6 Å². The van der Waals surface area contributed by atoms with Gasteiger partial charge < -0.3 is 10.7 Å². The number of anilines is 2. The second-order valence-electron chi connectivity index (χ2n) is 4.22. The fraction of sp³-hybridized carbons (Fsp3) is 0.231. The van der Waals surface area contributed by atoms with Gasteiger partial charge in [0.15, 0.2) is 0 Å². The topological polar surface area (TPSA) is 75.9 Å². The third-order valence-corrected chi connectivity index (χ3v) is 3.07. The van der Waals surface area contributed by atoms with Gasteiger partial charge in [0, 0.05) is 11.1 Å². The Balaban J connectivity index is 2.21. The molecule has 1 aromatic heterocycles. The minimum atomic E-state index is 0.0358. The van der Waals surface area contributed by atoms with Crippen LogP contribution in [0.25, 0.3) is 0 Å². The van der Waals surface area contributed by atoms with Gasteiger partial charge in [0.25, 0.3) is 0 Å². The highest BCUT2D eigenvalue weighted by Gasteiger charge is 2.10. The first-order valence-electron chi connectivity index (χ1n) is 5.93. The Morgan fingerprint density at radius 3 is 2.58 bits per heavy atom. The molecule has 0 bridgehead atoms. The van der Waals surface area contributed by atoms with Crippen LogP contribution < -0.4 is 16.6 Å². The molecular weight excluding hydrogens is 262 g/mol. The van der Waals surface area contributed by atoms with Gasteiger partial charge >= 0.3 is 0 Å². The van der Waals surface area contributed by atoms with Crippen LogP contribution >= 0.6 is 11.6 Å². The zero-order valence-corrected chi connectivity index (χ0v) is 11.6. The van der Waals surface area contributed by atoms with E-state index in [1.165, 1.54) is 0 Å². The van der Waals surface area contributed by atoms with Crippen molar-refractivity contribution >= 4 is 23.2 Å². The van der Waals surface area contributed by atoms with E-state index >= 15 is 0 Å². The van der Waals surface area contributed by atoms with Gasteiger partial charge in [0.05, 0.1) is 6.04 Å². The lowest BCUT2D eigenvalue weighted by Gasteiger charge is -2.17. The molecule has 0 aliphatic heterocycles. The minimum Gasteiger partial charge on any atom is -0.363 e. The third-order valence-electron chi connectivity index (χ3n) is 2.72. The van der Waals surface area contributed by atoms with E-state index in [4.69, 9.17) is 17.4 Å². The highest BCUT2D eigenvalue weighted by atomic mass is 35.5. The van der Waals surface area contributed by atoms with Gasteiger partial charge in [-0.15, -0.1) is 0 Å². The van der Waals surface area contributed by atoms with E-state index < -0.39 is 0 Å². The first kappa shape index (κ1) is 13.6. The molecule has 0 aliphatic carbocycles. The average Bonchev–Trinajstić information content (AvgIpc) is 2.38. The Labute approximate surface area is 117 Å². The van der Waals surface area contributed by atoms with Gasteiger partial charge in [0.2, 0.25) is 0 Å². The molecule has 0 saturated heterocycles. The van der Waals surface area contributed by atoms with Crippen LogP contribution in [0, 0.1) is 6.92 Å². The lowest BCUT2D eigenvalue weighted by atomic mass is 10.1. The fourth-order valence-electron chi connectivity index (χ4n) is 1.84. The van der Waals surface area contributed by atoms with Crippen molar-refractivity contribution in [2.45, 2.75) is 19.9 Å². The summed E-state index contributed by atoms with van der Waals surface area (Å²) in [6, 6.07) is 9.50. The molecule has 4 N–H and O–H groups in total. The molecular formula is C13H16ClN5. The van der Waals surface area contributed by atoms with Gasteiger partial charge in [-0.2, -0.15) is 0 Å². The zero-order chi connectivity index (χ0) is 13.8. The molecule has 1 atom stereocenters. The number of aromatic nitrogens is 2. The van der Waals surface area contributed by atoms with E-state index in [9.17, 15) is 0 Å². The van der Waals surface area contributed by atoms with E-state index in [2.05, 4.69) is 20.7 Å². The molecule has 1 aromatic carbocycles. The molecule has 2 aromatic rings. The number of aryl methyl sites for hydroxylation is 1. The van der Waals surface area contributed by atoms with E-state index in [1.807, 2.05) is 38.1 Å². The molecule has 100 valence electrons. The van der Waals surface area contributed by atoms with Crippen molar-refractivity contribution in [2.24, 2.45) is 5.84 Å². The Kier molecular flexibility index (Phi) is 4.19. The number of nitrogens with two attached hydrogens (primary N) is 1. The summed E-state index contributed by atoms with van der Waals surface area (Å²) < 4.78 is 0. The van der Waals surface area contributed by atoms with Crippen molar-refractivity contribution < 1.29 is 0 Å². The minimum absolute atomic E-state index is 0.0358. The number of nitrogens with zero attached hydrogens (tertiary/aromatic N) is 2. The normalized spacial score (nSPS) is 12.0. The van der Waals surface area contributed by atoms with Gasteiger partial charge in [-0.1, -0.05) is 29.8 Å². The number of hydrazine groups is 1. The van der Waals surface area contributed by atoms with Crippen LogP contribution in [0.3, 0.4) is 0 Å². The molecule has 0 aliphatic rings. The van der Waals surface area contributed by atoms with Crippen molar-refractivity contribution in [3.8, 4) is 0 Å². The summed E-state index contributed by atoms with van der Waals surface area (Å²) in [5, 5.41) is 4.01. The summed E-state index contributed by atoms with van der Waals surface area (Å²) in [6.45, 7) is 3.83. The summed E-state index contributed by atoms with van der Waals surface area (Å²) in [7, 11) is 0. The first-order chi connectivity index (χ1) is 9.10. The van der Waals surface area contributed by atoms with Gasteiger partial charge in [-0.3, -0.25) is 0 Å². The van der Waals surface area contributed by atoms with Crippen LogP contribution in [0.5, 0.6) is 0 Å². The Morgan fingerprint density at radius 1 is 1.21 bits per heavy atom. The summed E-state index contributed by atoms with van der Waals surface area (Å²) in [5.41, 5.74) is 3.53. The van der Waals surface area contributed by atoms with E-state index in [0.29, 0.717) is 17.5 Å². The molecule has 0 fully saturated rings. The van der Waals surface area contributed by atoms with Gasteiger partial charge in [-0.25, -0.2) is 15.8 Å². The first-order valence-corrected chi connectivity index (χ1v) is 6.31. The number of hydrogen-bond donors (Lipinski definition) is 3. The maximum atomic E-state index is 6.17. The second kappa shape index (κ2) is 5.86. The summed E-state index contributed by atoms with van der Waals surface area (Å²) in [4.78, 5) is 8.45. The van der Waals surface area contributed by atoms with Crippen molar-refractivity contribution in [2.75, 3.05) is 10.7 Å². The van der Waals surface area contributed by atoms with Crippen LogP contribution in [0.15, 0.2) is 30.3 Å². The fourth-order valence-corrected chi connectivity index (χ4v) is 2.14. The van der Waals surface area contributed by atoms with Crippen molar-refractivity contribution in [1.29, 1.82) is 0 Å². The molecule has 0 spiro atoms. The highest BCUT2D eigenvalue weighted by Crippen LogP contribution is 2.25. The van der Waals surface area contributed by atoms with Crippen LogP contribution in [-0.4, -0.2) is 9.97 Å². The van der Waals surface area contributed by atoms with E-state index in [-0.39, 0.29) is 6.04 Å². The second-order valence-corrected chi connectivity index (χ2v) is 4.62. The monoisotopic (exact) mass is 277 g/mol. The van der Waals surface area contributed by atoms with Crippen LogP contribution in [0.1, 0.15) is 24.4 Å². The lowest BCUT2D eigenvalue weighted by Crippen LogP contribution is -2.13. The SMILES string of the molecule is Cc1nc(NN)cc(NC(C)c2ccccc2Cl)n1. The van der Waals surface area contributed by atoms with Crippen molar-refractivity contribution in [3.63, 3.8) is 0 Å². The maximum absolute atomic E-state index is 6.17. The zero-order valence-electron chi connectivity index (χ0n) is 10.8. The highest BCUT2D eigenvalue weighted by molar-refractivity contribution is 6.31. The third kappa shape index (κ3) is 3.33. The summed E-state index contributed by atoms with van der Waals surface area (Å²) in [5.74, 6) is 7.28. The number of benzene rings is 1. The van der Waals surface area contributed by atoms with E-state index in [1.54, 1.807) is 6.07 Å². The molecule has 6 heteroatoms. The van der Waals surface area contributed by atoms with Crippen LogP contribution in [-0.2, 0) is 0 Å². The molecule has 1 heterocycles. The number of hydrogen-bond acceptors (Lipinski definition) is 5. The van der Waals surface area contributed by atoms with Gasteiger partial charge in [-0.05, 0) is 25.5 Å².